The van der Waals surface area contributed by atoms with Gasteiger partial charge in [0.1, 0.15) is 11.3 Å². The van der Waals surface area contributed by atoms with Gasteiger partial charge in [0.25, 0.3) is 0 Å². The van der Waals surface area contributed by atoms with E-state index in [2.05, 4.69) is 69.5 Å². The van der Waals surface area contributed by atoms with Crippen LogP contribution in [0.15, 0.2) is 88.4 Å². The summed E-state index contributed by atoms with van der Waals surface area (Å²) in [6.07, 6.45) is 0.970. The van der Waals surface area contributed by atoms with E-state index >= 15 is 0 Å². The lowest BCUT2D eigenvalue weighted by molar-refractivity contribution is 0.589. The van der Waals surface area contributed by atoms with Crippen LogP contribution in [0.2, 0.25) is 0 Å². The van der Waals surface area contributed by atoms with Crippen molar-refractivity contribution >= 4 is 16.7 Å². The number of para-hydroxylation sites is 1. The molecule has 0 atom stereocenters. The van der Waals surface area contributed by atoms with Gasteiger partial charge in [0.2, 0.25) is 0 Å². The van der Waals surface area contributed by atoms with Crippen molar-refractivity contribution in [2.24, 2.45) is 5.10 Å². The van der Waals surface area contributed by atoms with Gasteiger partial charge in [-0.25, -0.2) is 0 Å². The van der Waals surface area contributed by atoms with Crippen molar-refractivity contribution < 1.29 is 4.42 Å². The van der Waals surface area contributed by atoms with Gasteiger partial charge in [-0.3, -0.25) is 5.43 Å². The SMILES string of the molecule is CCc1ccc2oc(-c3ccc(C(C)(C)C)cc3)c/c(=N/Nc3ccccc3)c2c1. The van der Waals surface area contributed by atoms with Gasteiger partial charge >= 0.3 is 0 Å². The minimum atomic E-state index is 0.121. The molecule has 152 valence electrons. The fourth-order valence-corrected chi connectivity index (χ4v) is 3.44. The van der Waals surface area contributed by atoms with E-state index in [0.717, 1.165) is 39.8 Å². The summed E-state index contributed by atoms with van der Waals surface area (Å²) in [5, 5.41) is 6.59. The van der Waals surface area contributed by atoms with E-state index in [0.29, 0.717) is 0 Å². The Balaban J connectivity index is 1.83. The fraction of sp³-hybridized carbons (Fsp3) is 0.222. The van der Waals surface area contributed by atoms with Crippen molar-refractivity contribution in [2.45, 2.75) is 39.5 Å². The Morgan fingerprint density at radius 3 is 2.27 bits per heavy atom. The molecule has 1 N–H and O–H groups in total. The summed E-state index contributed by atoms with van der Waals surface area (Å²) in [6.45, 7) is 8.82. The maximum atomic E-state index is 6.28. The number of nitrogens with one attached hydrogen (secondary N) is 1. The Hall–Kier alpha value is -3.33. The third-order valence-corrected chi connectivity index (χ3v) is 5.33. The highest BCUT2D eigenvalue weighted by atomic mass is 16.3. The molecule has 0 amide bonds. The van der Waals surface area contributed by atoms with E-state index in [4.69, 9.17) is 9.52 Å². The molecule has 30 heavy (non-hydrogen) atoms. The maximum absolute atomic E-state index is 6.28. The van der Waals surface area contributed by atoms with E-state index in [-0.39, 0.29) is 5.41 Å². The van der Waals surface area contributed by atoms with E-state index in [1.165, 1.54) is 11.1 Å². The van der Waals surface area contributed by atoms with Crippen molar-refractivity contribution in [2.75, 3.05) is 5.43 Å². The van der Waals surface area contributed by atoms with Gasteiger partial charge in [0, 0.05) is 17.0 Å². The van der Waals surface area contributed by atoms with Crippen molar-refractivity contribution in [1.82, 2.24) is 0 Å². The zero-order valence-electron chi connectivity index (χ0n) is 18.1. The maximum Gasteiger partial charge on any atom is 0.136 e. The molecule has 0 unspecified atom stereocenters. The average molecular weight is 397 g/mol. The summed E-state index contributed by atoms with van der Waals surface area (Å²) >= 11 is 0. The Bertz CT molecular complexity index is 1210. The van der Waals surface area contributed by atoms with Crippen molar-refractivity contribution in [3.8, 4) is 11.3 Å². The molecule has 0 spiro atoms. The predicted molar refractivity (Wildman–Crippen MR) is 125 cm³/mol. The highest BCUT2D eigenvalue weighted by molar-refractivity contribution is 5.79. The molecule has 0 bridgehead atoms. The second-order valence-electron chi connectivity index (χ2n) is 8.60. The summed E-state index contributed by atoms with van der Waals surface area (Å²) in [6, 6.07) is 26.9. The van der Waals surface area contributed by atoms with Crippen LogP contribution in [0.4, 0.5) is 5.69 Å². The third-order valence-electron chi connectivity index (χ3n) is 5.33. The monoisotopic (exact) mass is 396 g/mol. The first-order valence-electron chi connectivity index (χ1n) is 10.5. The number of fused-ring (bicyclic) bond motifs is 1. The molecule has 1 heterocycles. The molecule has 3 heteroatoms. The normalized spacial score (nSPS) is 12.3. The van der Waals surface area contributed by atoms with Crippen LogP contribution in [-0.2, 0) is 11.8 Å². The number of anilines is 1. The second kappa shape index (κ2) is 8.19. The first-order valence-corrected chi connectivity index (χ1v) is 10.5. The first kappa shape index (κ1) is 20.0. The molecule has 0 aliphatic heterocycles. The first-order chi connectivity index (χ1) is 14.4. The van der Waals surface area contributed by atoms with Gasteiger partial charge in [-0.05, 0) is 47.2 Å². The topological polar surface area (TPSA) is 37.5 Å². The zero-order chi connectivity index (χ0) is 21.1. The van der Waals surface area contributed by atoms with Crippen LogP contribution >= 0.6 is 0 Å². The molecule has 0 radical (unpaired) electrons. The standard InChI is InChI=1S/C27H28N2O/c1-5-19-11-16-25-23(17-19)24(29-28-22-9-7-6-8-10-22)18-26(30-25)20-12-14-21(15-13-20)27(2,3)4/h6-18,28H,5H2,1-4H3/b29-24-. The van der Waals surface area contributed by atoms with Crippen molar-refractivity contribution in [1.29, 1.82) is 0 Å². The van der Waals surface area contributed by atoms with Crippen LogP contribution in [0.25, 0.3) is 22.3 Å². The van der Waals surface area contributed by atoms with Crippen LogP contribution in [0.1, 0.15) is 38.8 Å². The molecular weight excluding hydrogens is 368 g/mol. The zero-order valence-corrected chi connectivity index (χ0v) is 18.1. The lowest BCUT2D eigenvalue weighted by Gasteiger charge is -2.19. The second-order valence-corrected chi connectivity index (χ2v) is 8.60. The Labute approximate surface area is 178 Å². The largest absolute Gasteiger partial charge is 0.456 e. The number of rotatable bonds is 4. The van der Waals surface area contributed by atoms with Crippen LogP contribution in [0.3, 0.4) is 0 Å². The van der Waals surface area contributed by atoms with Crippen LogP contribution in [-0.4, -0.2) is 0 Å². The molecule has 3 nitrogen and oxygen atoms in total. The molecule has 0 saturated heterocycles. The highest BCUT2D eigenvalue weighted by Crippen LogP contribution is 2.27. The average Bonchev–Trinajstić information content (AvgIpc) is 2.77. The van der Waals surface area contributed by atoms with Crippen LogP contribution < -0.4 is 10.8 Å². The van der Waals surface area contributed by atoms with Gasteiger partial charge in [-0.2, -0.15) is 5.10 Å². The summed E-state index contributed by atoms with van der Waals surface area (Å²) in [5.41, 5.74) is 8.69. The number of benzene rings is 3. The Kier molecular flexibility index (Phi) is 5.45. The van der Waals surface area contributed by atoms with Crippen LogP contribution in [0.5, 0.6) is 0 Å². The molecule has 4 aromatic rings. The van der Waals surface area contributed by atoms with Crippen molar-refractivity contribution in [3.63, 3.8) is 0 Å². The van der Waals surface area contributed by atoms with E-state index < -0.39 is 0 Å². The molecule has 1 aromatic heterocycles. The van der Waals surface area contributed by atoms with Gasteiger partial charge < -0.3 is 4.42 Å². The molecular formula is C27H28N2O. The smallest absolute Gasteiger partial charge is 0.136 e. The van der Waals surface area contributed by atoms with Gasteiger partial charge in [0.05, 0.1) is 11.0 Å². The fourth-order valence-electron chi connectivity index (χ4n) is 3.44. The molecule has 0 saturated carbocycles. The van der Waals surface area contributed by atoms with E-state index in [1.54, 1.807) is 0 Å². The minimum absolute atomic E-state index is 0.121. The molecule has 0 aliphatic carbocycles. The number of hydrogen-bond donors (Lipinski definition) is 1. The Morgan fingerprint density at radius 1 is 0.867 bits per heavy atom. The Morgan fingerprint density at radius 2 is 1.60 bits per heavy atom. The number of nitrogens with zero attached hydrogens (tertiary/aromatic N) is 1. The van der Waals surface area contributed by atoms with E-state index in [9.17, 15) is 0 Å². The summed E-state index contributed by atoms with van der Waals surface area (Å²) in [7, 11) is 0. The van der Waals surface area contributed by atoms with Gasteiger partial charge in [-0.15, -0.1) is 0 Å². The van der Waals surface area contributed by atoms with Crippen LogP contribution in [0, 0.1) is 0 Å². The minimum Gasteiger partial charge on any atom is -0.456 e. The number of aryl methyl sites for hydroxylation is 1. The lowest BCUT2D eigenvalue weighted by atomic mass is 9.86. The molecule has 0 fully saturated rings. The summed E-state index contributed by atoms with van der Waals surface area (Å²) < 4.78 is 6.28. The third kappa shape index (κ3) is 4.30. The molecule has 4 rings (SSSR count). The molecule has 0 aliphatic rings. The highest BCUT2D eigenvalue weighted by Gasteiger charge is 2.14. The number of hydrogen-bond acceptors (Lipinski definition) is 3. The predicted octanol–water partition coefficient (Wildman–Crippen LogP) is 6.89. The lowest BCUT2D eigenvalue weighted by Crippen LogP contribution is -2.10. The summed E-state index contributed by atoms with van der Waals surface area (Å²) in [5.74, 6) is 0.806. The van der Waals surface area contributed by atoms with Crippen molar-refractivity contribution in [3.05, 3.63) is 95.3 Å². The van der Waals surface area contributed by atoms with E-state index in [1.807, 2.05) is 42.5 Å². The summed E-state index contributed by atoms with van der Waals surface area (Å²) in [4.78, 5) is 0. The van der Waals surface area contributed by atoms with Gasteiger partial charge in [-0.1, -0.05) is 76.2 Å². The van der Waals surface area contributed by atoms with Gasteiger partial charge in [0.15, 0.2) is 0 Å². The molecule has 3 aromatic carbocycles. The quantitative estimate of drug-likeness (QED) is 0.381.